The van der Waals surface area contributed by atoms with E-state index in [1.165, 1.54) is 22.5 Å². The third-order valence-corrected chi connectivity index (χ3v) is 8.32. The highest BCUT2D eigenvalue weighted by atomic mass is 32.2. The number of hydrogen-bond acceptors (Lipinski definition) is 6. The van der Waals surface area contributed by atoms with Crippen molar-refractivity contribution in [3.05, 3.63) is 36.0 Å². The Morgan fingerprint density at radius 1 is 1.13 bits per heavy atom. The molecule has 10 heteroatoms. The van der Waals surface area contributed by atoms with Gasteiger partial charge in [-0.1, -0.05) is 27.2 Å². The summed E-state index contributed by atoms with van der Waals surface area (Å²) in [6, 6.07) is 5.33. The first-order valence-electron chi connectivity index (χ1n) is 9.99. The second-order valence-electron chi connectivity index (χ2n) is 7.96. The molecule has 0 aliphatic carbocycles. The smallest absolute Gasteiger partial charge is 0.245 e. The Hall–Kier alpha value is -1.91. The molecule has 0 radical (unpaired) electrons. The Morgan fingerprint density at radius 2 is 1.77 bits per heavy atom. The summed E-state index contributed by atoms with van der Waals surface area (Å²) >= 11 is 0. The maximum atomic E-state index is 13.4. The first-order valence-corrected chi connectivity index (χ1v) is 13.3. The molecular weight excluding hydrogens is 428 g/mol. The van der Waals surface area contributed by atoms with Gasteiger partial charge in [0.2, 0.25) is 26.0 Å². The van der Waals surface area contributed by atoms with E-state index >= 15 is 0 Å². The summed E-state index contributed by atoms with van der Waals surface area (Å²) in [5.41, 5.74) is 0.226. The zero-order valence-corrected chi connectivity index (χ0v) is 19.2. The van der Waals surface area contributed by atoms with Crippen LogP contribution < -0.4 is 4.74 Å². The molecule has 2 aliphatic rings. The third kappa shape index (κ3) is 4.00. The number of rotatable bonds is 8. The Kier molecular flexibility index (Phi) is 6.31. The number of hydrogen-bond donors (Lipinski definition) is 0. The molecular formula is C20H28N2O6S2. The van der Waals surface area contributed by atoms with E-state index in [1.54, 1.807) is 26.0 Å². The predicted octanol–water partition coefficient (Wildman–Crippen LogP) is 2.20. The molecule has 166 valence electrons. The van der Waals surface area contributed by atoms with Gasteiger partial charge >= 0.3 is 0 Å². The molecule has 2 atom stereocenters. The molecule has 0 saturated carbocycles. The molecule has 1 aromatic carbocycles. The molecule has 8 nitrogen and oxygen atoms in total. The third-order valence-electron chi connectivity index (χ3n) is 5.40. The van der Waals surface area contributed by atoms with Crippen molar-refractivity contribution in [3.63, 3.8) is 0 Å². The van der Waals surface area contributed by atoms with Gasteiger partial charge in [-0.15, -0.1) is 0 Å². The highest BCUT2D eigenvalue weighted by Gasteiger charge is 2.56. The zero-order chi connectivity index (χ0) is 22.3. The van der Waals surface area contributed by atoms with Gasteiger partial charge in [0.05, 0.1) is 35.4 Å². The lowest BCUT2D eigenvalue weighted by molar-refractivity contribution is -0.128. The number of amides is 1. The van der Waals surface area contributed by atoms with Crippen molar-refractivity contribution in [2.45, 2.75) is 44.6 Å². The topological polar surface area (TPSA) is 101 Å². The molecule has 0 bridgehead atoms. The first-order chi connectivity index (χ1) is 14.0. The predicted molar refractivity (Wildman–Crippen MR) is 113 cm³/mol. The van der Waals surface area contributed by atoms with E-state index in [0.717, 1.165) is 23.4 Å². The van der Waals surface area contributed by atoms with E-state index in [-0.39, 0.29) is 23.1 Å². The van der Waals surface area contributed by atoms with Gasteiger partial charge in [0, 0.05) is 6.54 Å². The van der Waals surface area contributed by atoms with Gasteiger partial charge in [-0.05, 0) is 42.7 Å². The summed E-state index contributed by atoms with van der Waals surface area (Å²) in [5, 5.41) is 0. The lowest BCUT2D eigenvalue weighted by Crippen LogP contribution is -2.42. The number of nitrogens with zero attached hydrogens (tertiary/aromatic N) is 2. The molecule has 0 aromatic heterocycles. The largest absolute Gasteiger partial charge is 0.494 e. The van der Waals surface area contributed by atoms with Crippen LogP contribution in [0, 0.1) is 11.8 Å². The number of sulfonamides is 2. The van der Waals surface area contributed by atoms with Gasteiger partial charge in [0.25, 0.3) is 0 Å². The first kappa shape index (κ1) is 22.8. The minimum Gasteiger partial charge on any atom is -0.494 e. The molecule has 3 rings (SSSR count). The van der Waals surface area contributed by atoms with Crippen LogP contribution in [0.25, 0.3) is 0 Å². The number of benzene rings is 1. The molecule has 1 fully saturated rings. The number of unbranched alkanes of at least 4 members (excludes halogenated alkanes) is 1. The van der Waals surface area contributed by atoms with Gasteiger partial charge in [-0.25, -0.2) is 21.1 Å². The fourth-order valence-electron chi connectivity index (χ4n) is 3.96. The normalized spacial score (nSPS) is 22.5. The summed E-state index contributed by atoms with van der Waals surface area (Å²) in [6.45, 7) is 6.21. The fraction of sp³-hybridized carbons (Fsp3) is 0.550. The van der Waals surface area contributed by atoms with Gasteiger partial charge in [-0.3, -0.25) is 4.79 Å². The lowest BCUT2D eigenvalue weighted by atomic mass is 9.90. The quantitative estimate of drug-likeness (QED) is 0.556. The molecule has 1 aromatic rings. The molecule has 1 amide bonds. The minimum absolute atomic E-state index is 0.0135. The Bertz CT molecular complexity index is 1050. The van der Waals surface area contributed by atoms with Crippen LogP contribution in [0.4, 0.5) is 0 Å². The lowest BCUT2D eigenvalue weighted by Gasteiger charge is -2.28. The van der Waals surface area contributed by atoms with E-state index in [2.05, 4.69) is 6.92 Å². The molecule has 0 spiro atoms. The van der Waals surface area contributed by atoms with Crippen molar-refractivity contribution in [1.82, 2.24) is 8.61 Å². The van der Waals surface area contributed by atoms with Crippen LogP contribution in [0.15, 0.2) is 40.9 Å². The fourth-order valence-corrected chi connectivity index (χ4v) is 6.53. The average Bonchev–Trinajstić information content (AvgIpc) is 3.18. The van der Waals surface area contributed by atoms with Crippen LogP contribution >= 0.6 is 0 Å². The Balaban J connectivity index is 1.92. The van der Waals surface area contributed by atoms with E-state index in [9.17, 15) is 21.6 Å². The highest BCUT2D eigenvalue weighted by molar-refractivity contribution is 7.89. The molecule has 0 N–H and O–H groups in total. The van der Waals surface area contributed by atoms with Gasteiger partial charge in [-0.2, -0.15) is 4.31 Å². The Morgan fingerprint density at radius 3 is 2.30 bits per heavy atom. The SMILES string of the molecule is CCCCOc1ccc(S(=O)(=O)N2CC=C3[C@H]2[C@@H](C(C)C)C(=O)N3S(C)(=O)=O)cc1. The molecule has 2 aliphatic heterocycles. The monoisotopic (exact) mass is 456 g/mol. The van der Waals surface area contributed by atoms with Crippen molar-refractivity contribution in [2.75, 3.05) is 19.4 Å². The number of carbonyl (C=O) groups is 1. The average molecular weight is 457 g/mol. The number of carbonyl (C=O) groups excluding carboxylic acids is 1. The maximum absolute atomic E-state index is 13.4. The second-order valence-corrected chi connectivity index (χ2v) is 11.7. The summed E-state index contributed by atoms with van der Waals surface area (Å²) in [4.78, 5) is 12.9. The molecule has 30 heavy (non-hydrogen) atoms. The van der Waals surface area contributed by atoms with Crippen LogP contribution in [-0.4, -0.2) is 56.8 Å². The van der Waals surface area contributed by atoms with Crippen molar-refractivity contribution in [2.24, 2.45) is 11.8 Å². The van der Waals surface area contributed by atoms with Gasteiger partial charge in [0.15, 0.2) is 0 Å². The molecule has 1 saturated heterocycles. The standard InChI is InChI=1S/C20H28N2O6S2/c1-5-6-13-28-15-7-9-16(10-8-15)30(26,27)21-12-11-17-19(21)18(14(2)3)20(23)22(17)29(4,24)25/h7-11,14,18-19H,5-6,12-13H2,1-4H3/t18-,19+/m1/s1. The summed E-state index contributed by atoms with van der Waals surface area (Å²) < 4.78 is 58.7. The van der Waals surface area contributed by atoms with Gasteiger partial charge in [0.1, 0.15) is 5.75 Å². The van der Waals surface area contributed by atoms with E-state index < -0.39 is 37.9 Å². The highest BCUT2D eigenvalue weighted by Crippen LogP contribution is 2.43. The van der Waals surface area contributed by atoms with E-state index in [0.29, 0.717) is 12.4 Å². The summed E-state index contributed by atoms with van der Waals surface area (Å²) in [7, 11) is -7.79. The zero-order valence-electron chi connectivity index (χ0n) is 17.6. The van der Waals surface area contributed by atoms with Crippen molar-refractivity contribution in [3.8, 4) is 5.75 Å². The number of fused-ring (bicyclic) bond motifs is 1. The van der Waals surface area contributed by atoms with Crippen LogP contribution in [-0.2, 0) is 24.8 Å². The van der Waals surface area contributed by atoms with Crippen LogP contribution in [0.5, 0.6) is 5.75 Å². The second kappa shape index (κ2) is 8.32. The molecule has 0 unspecified atom stereocenters. The van der Waals surface area contributed by atoms with Crippen LogP contribution in [0.2, 0.25) is 0 Å². The van der Waals surface area contributed by atoms with Crippen LogP contribution in [0.3, 0.4) is 0 Å². The maximum Gasteiger partial charge on any atom is 0.245 e. The van der Waals surface area contributed by atoms with Crippen molar-refractivity contribution < 1.29 is 26.4 Å². The minimum atomic E-state index is -3.94. The summed E-state index contributed by atoms with van der Waals surface area (Å²) in [5.74, 6) is -0.993. The number of ether oxygens (including phenoxy) is 1. The van der Waals surface area contributed by atoms with E-state index in [4.69, 9.17) is 4.74 Å². The Labute approximate surface area is 178 Å². The summed E-state index contributed by atoms with van der Waals surface area (Å²) in [6.07, 6.45) is 4.38. The molecule has 2 heterocycles. The van der Waals surface area contributed by atoms with Crippen LogP contribution in [0.1, 0.15) is 33.6 Å². The van der Waals surface area contributed by atoms with E-state index in [1.807, 2.05) is 0 Å². The van der Waals surface area contributed by atoms with Crippen molar-refractivity contribution in [1.29, 1.82) is 0 Å². The van der Waals surface area contributed by atoms with Gasteiger partial charge < -0.3 is 4.74 Å². The van der Waals surface area contributed by atoms with Crippen molar-refractivity contribution >= 4 is 26.0 Å².